The number of benzene rings is 1. The average molecular weight is 332 g/mol. The Kier molecular flexibility index (Phi) is 4.82. The molecule has 0 spiro atoms. The van der Waals surface area contributed by atoms with Gasteiger partial charge in [0, 0.05) is 17.0 Å². The maximum absolute atomic E-state index is 13.4. The third kappa shape index (κ3) is 3.13. The Labute approximate surface area is 132 Å². The first-order chi connectivity index (χ1) is 9.97. The normalized spacial score (nSPS) is 16.5. The number of aromatic nitrogens is 1. The highest BCUT2D eigenvalue weighted by atomic mass is 35.5. The maximum atomic E-state index is 13.4. The number of nitrogens with zero attached hydrogens (tertiary/aromatic N) is 1. The molecule has 3 nitrogen and oxygen atoms in total. The van der Waals surface area contributed by atoms with Gasteiger partial charge in [-0.05, 0) is 44.1 Å². The van der Waals surface area contributed by atoms with Crippen LogP contribution in [0.25, 0.3) is 10.9 Å². The molecule has 0 aliphatic carbocycles. The van der Waals surface area contributed by atoms with Crippen molar-refractivity contribution in [3.63, 3.8) is 0 Å². The zero-order chi connectivity index (χ0) is 15.0. The average Bonchev–Trinajstić information content (AvgIpc) is 2.46. The zero-order valence-corrected chi connectivity index (χ0v) is 12.6. The van der Waals surface area contributed by atoms with Crippen molar-refractivity contribution in [3.8, 4) is 0 Å². The van der Waals surface area contributed by atoms with Gasteiger partial charge in [0.05, 0.1) is 16.8 Å². The highest BCUT2D eigenvalue weighted by molar-refractivity contribution is 5.90. The first kappa shape index (κ1) is 16.8. The molecule has 2 aromatic rings. The van der Waals surface area contributed by atoms with Crippen LogP contribution in [0.4, 0.5) is 18.9 Å². The van der Waals surface area contributed by atoms with Crippen LogP contribution in [0.2, 0.25) is 0 Å². The lowest BCUT2D eigenvalue weighted by Gasteiger charge is -2.25. The van der Waals surface area contributed by atoms with Crippen LogP contribution in [0.5, 0.6) is 0 Å². The van der Waals surface area contributed by atoms with Crippen molar-refractivity contribution in [2.24, 2.45) is 0 Å². The molecule has 7 heteroatoms. The summed E-state index contributed by atoms with van der Waals surface area (Å²) < 4.78 is 40.1. The van der Waals surface area contributed by atoms with Gasteiger partial charge in [0.15, 0.2) is 0 Å². The SMILES string of the molecule is Cl.Nc1cccc2nc(C3CCNCC3)c(C(F)(F)F)cc12. The van der Waals surface area contributed by atoms with Crippen molar-refractivity contribution >= 4 is 29.0 Å². The fourth-order valence-electron chi connectivity index (χ4n) is 2.87. The number of rotatable bonds is 1. The third-order valence-corrected chi connectivity index (χ3v) is 3.95. The number of pyridine rings is 1. The van der Waals surface area contributed by atoms with Gasteiger partial charge in [-0.3, -0.25) is 4.98 Å². The van der Waals surface area contributed by atoms with Gasteiger partial charge in [-0.25, -0.2) is 0 Å². The predicted octanol–water partition coefficient (Wildman–Crippen LogP) is 3.72. The van der Waals surface area contributed by atoms with E-state index in [9.17, 15) is 13.2 Å². The van der Waals surface area contributed by atoms with Crippen LogP contribution in [0, 0.1) is 0 Å². The lowest BCUT2D eigenvalue weighted by Crippen LogP contribution is -2.28. The number of piperidine rings is 1. The molecule has 1 aliphatic rings. The van der Waals surface area contributed by atoms with Gasteiger partial charge >= 0.3 is 6.18 Å². The van der Waals surface area contributed by atoms with E-state index < -0.39 is 11.7 Å². The maximum Gasteiger partial charge on any atom is 0.418 e. The standard InChI is InChI=1S/C15H16F3N3.ClH/c16-15(17,18)11-8-10-12(19)2-1-3-13(10)21-14(11)9-4-6-20-7-5-9;/h1-3,8-9,20H,4-7,19H2;1H. The van der Waals surface area contributed by atoms with E-state index in [4.69, 9.17) is 5.73 Å². The van der Waals surface area contributed by atoms with Crippen LogP contribution in [-0.2, 0) is 6.18 Å². The Balaban J connectivity index is 0.00000176. The van der Waals surface area contributed by atoms with E-state index in [-0.39, 0.29) is 24.0 Å². The smallest absolute Gasteiger partial charge is 0.398 e. The van der Waals surface area contributed by atoms with E-state index in [2.05, 4.69) is 10.3 Å². The molecule has 0 amide bonds. The summed E-state index contributed by atoms with van der Waals surface area (Å²) in [7, 11) is 0. The molecule has 0 atom stereocenters. The summed E-state index contributed by atoms with van der Waals surface area (Å²) in [5.41, 5.74) is 6.13. The first-order valence-corrected chi connectivity index (χ1v) is 6.94. The Morgan fingerprint density at radius 1 is 1.18 bits per heavy atom. The highest BCUT2D eigenvalue weighted by Crippen LogP contribution is 2.39. The summed E-state index contributed by atoms with van der Waals surface area (Å²) in [6.07, 6.45) is -3.07. The third-order valence-electron chi connectivity index (χ3n) is 3.95. The second-order valence-electron chi connectivity index (χ2n) is 5.36. The number of nitrogen functional groups attached to an aromatic ring is 1. The molecule has 3 N–H and O–H groups in total. The number of halogens is 4. The minimum Gasteiger partial charge on any atom is -0.398 e. The Morgan fingerprint density at radius 2 is 1.86 bits per heavy atom. The van der Waals surface area contributed by atoms with Gasteiger partial charge in [-0.1, -0.05) is 6.07 Å². The fourth-order valence-corrected chi connectivity index (χ4v) is 2.87. The predicted molar refractivity (Wildman–Crippen MR) is 83.3 cm³/mol. The molecule has 1 aromatic heterocycles. The molecule has 2 heterocycles. The Hall–Kier alpha value is -1.53. The summed E-state index contributed by atoms with van der Waals surface area (Å²) in [4.78, 5) is 4.30. The van der Waals surface area contributed by atoms with E-state index in [0.29, 0.717) is 29.4 Å². The van der Waals surface area contributed by atoms with Crippen molar-refractivity contribution in [3.05, 3.63) is 35.5 Å². The molecule has 120 valence electrons. The number of alkyl halides is 3. The van der Waals surface area contributed by atoms with E-state index in [1.807, 2.05) is 0 Å². The van der Waals surface area contributed by atoms with Gasteiger partial charge in [-0.2, -0.15) is 13.2 Å². The van der Waals surface area contributed by atoms with Gasteiger partial charge in [0.1, 0.15) is 0 Å². The molecule has 0 bridgehead atoms. The molecule has 1 aliphatic heterocycles. The monoisotopic (exact) mass is 331 g/mol. The number of fused-ring (bicyclic) bond motifs is 1. The number of nitrogens with one attached hydrogen (secondary N) is 1. The molecule has 1 fully saturated rings. The minimum absolute atomic E-state index is 0. The Morgan fingerprint density at radius 3 is 2.50 bits per heavy atom. The van der Waals surface area contributed by atoms with Gasteiger partial charge in [0.2, 0.25) is 0 Å². The van der Waals surface area contributed by atoms with Crippen LogP contribution >= 0.6 is 12.4 Å². The van der Waals surface area contributed by atoms with E-state index in [0.717, 1.165) is 19.2 Å². The topological polar surface area (TPSA) is 50.9 Å². The number of hydrogen-bond acceptors (Lipinski definition) is 3. The largest absolute Gasteiger partial charge is 0.418 e. The molecule has 22 heavy (non-hydrogen) atoms. The van der Waals surface area contributed by atoms with Crippen LogP contribution in [0.15, 0.2) is 24.3 Å². The number of hydrogen-bond donors (Lipinski definition) is 2. The second kappa shape index (κ2) is 6.30. The van der Waals surface area contributed by atoms with Crippen molar-refractivity contribution in [1.29, 1.82) is 0 Å². The minimum atomic E-state index is -4.41. The lowest BCUT2D eigenvalue weighted by atomic mass is 9.90. The number of nitrogens with two attached hydrogens (primary N) is 1. The molecule has 0 unspecified atom stereocenters. The van der Waals surface area contributed by atoms with Crippen molar-refractivity contribution < 1.29 is 13.2 Å². The molecule has 3 rings (SSSR count). The van der Waals surface area contributed by atoms with Crippen LogP contribution in [0.3, 0.4) is 0 Å². The fraction of sp³-hybridized carbons (Fsp3) is 0.400. The van der Waals surface area contributed by atoms with Gasteiger partial charge in [-0.15, -0.1) is 12.4 Å². The number of anilines is 1. The van der Waals surface area contributed by atoms with E-state index in [1.165, 1.54) is 0 Å². The lowest BCUT2D eigenvalue weighted by molar-refractivity contribution is -0.138. The van der Waals surface area contributed by atoms with Gasteiger partial charge in [0.25, 0.3) is 0 Å². The van der Waals surface area contributed by atoms with Crippen LogP contribution in [-0.4, -0.2) is 18.1 Å². The molecule has 0 saturated carbocycles. The summed E-state index contributed by atoms with van der Waals surface area (Å²) in [5.74, 6) is -0.159. The van der Waals surface area contributed by atoms with E-state index in [1.54, 1.807) is 18.2 Å². The van der Waals surface area contributed by atoms with Gasteiger partial charge < -0.3 is 11.1 Å². The highest BCUT2D eigenvalue weighted by Gasteiger charge is 2.37. The zero-order valence-electron chi connectivity index (χ0n) is 11.8. The molecule has 0 radical (unpaired) electrons. The summed E-state index contributed by atoms with van der Waals surface area (Å²) in [5, 5.41) is 3.52. The summed E-state index contributed by atoms with van der Waals surface area (Å²) in [6, 6.07) is 6.16. The second-order valence-corrected chi connectivity index (χ2v) is 5.36. The molecule has 1 saturated heterocycles. The van der Waals surface area contributed by atoms with Crippen molar-refractivity contribution in [2.45, 2.75) is 24.9 Å². The first-order valence-electron chi connectivity index (χ1n) is 6.94. The van der Waals surface area contributed by atoms with Crippen LogP contribution in [0.1, 0.15) is 30.0 Å². The molecular formula is C15H17ClF3N3. The Bertz CT molecular complexity index is 667. The van der Waals surface area contributed by atoms with E-state index >= 15 is 0 Å². The van der Waals surface area contributed by atoms with Crippen molar-refractivity contribution in [1.82, 2.24) is 10.3 Å². The van der Waals surface area contributed by atoms with Crippen molar-refractivity contribution in [2.75, 3.05) is 18.8 Å². The molecular weight excluding hydrogens is 315 g/mol. The quantitative estimate of drug-likeness (QED) is 0.783. The molecule has 1 aromatic carbocycles. The van der Waals surface area contributed by atoms with Crippen LogP contribution < -0.4 is 11.1 Å². The summed E-state index contributed by atoms with van der Waals surface area (Å²) in [6.45, 7) is 1.44. The summed E-state index contributed by atoms with van der Waals surface area (Å²) >= 11 is 0.